The predicted molar refractivity (Wildman–Crippen MR) is 40.6 cm³/mol. The minimum atomic E-state index is 0.166. The molecule has 0 saturated carbocycles. The first kappa shape index (κ1) is 5.72. The summed E-state index contributed by atoms with van der Waals surface area (Å²) in [5.41, 5.74) is 0.274. The van der Waals surface area contributed by atoms with E-state index < -0.39 is 0 Å². The second-order valence-electron chi connectivity index (χ2n) is 3.69. The Morgan fingerprint density at radius 3 is 2.22 bits per heavy atom. The van der Waals surface area contributed by atoms with Crippen LogP contribution < -0.4 is 0 Å². The van der Waals surface area contributed by atoms with Gasteiger partial charge in [-0.05, 0) is 46.7 Å². The molecular weight excluding hydrogens is 110 g/mol. The molecule has 0 radical (unpaired) electrons. The van der Waals surface area contributed by atoms with Crippen LogP contribution in [0, 0.1) is 0 Å². The van der Waals surface area contributed by atoms with Crippen molar-refractivity contribution in [1.29, 1.82) is 0 Å². The van der Waals surface area contributed by atoms with Crippen molar-refractivity contribution in [2.24, 2.45) is 0 Å². The van der Waals surface area contributed by atoms with Gasteiger partial charge in [0, 0.05) is 6.91 Å². The van der Waals surface area contributed by atoms with Gasteiger partial charge in [-0.3, -0.25) is 4.90 Å². The summed E-state index contributed by atoms with van der Waals surface area (Å²) < 4.78 is 7.50. The maximum Gasteiger partial charge on any atom is 0.0280 e. The molecule has 0 spiro atoms. The van der Waals surface area contributed by atoms with Crippen LogP contribution in [0.2, 0.25) is 0 Å². The van der Waals surface area contributed by atoms with E-state index in [1.165, 1.54) is 0 Å². The SMILES string of the molecule is [2H]C1CCN(C(C)(C)C)C1. The largest absolute Gasteiger partial charge is 0.298 e. The van der Waals surface area contributed by atoms with Crippen LogP contribution in [0.1, 0.15) is 35.0 Å². The Kier molecular flexibility index (Phi) is 1.46. The van der Waals surface area contributed by atoms with E-state index in [4.69, 9.17) is 1.37 Å². The molecule has 9 heavy (non-hydrogen) atoms. The van der Waals surface area contributed by atoms with E-state index in [1.807, 2.05) is 0 Å². The summed E-state index contributed by atoms with van der Waals surface area (Å²) >= 11 is 0. The summed E-state index contributed by atoms with van der Waals surface area (Å²) in [4.78, 5) is 2.38. The third-order valence-corrected chi connectivity index (χ3v) is 1.90. The number of likely N-dealkylation sites (tertiary alicyclic amines) is 1. The average Bonchev–Trinajstić information content (AvgIpc) is 2.11. The van der Waals surface area contributed by atoms with E-state index in [9.17, 15) is 0 Å². The summed E-state index contributed by atoms with van der Waals surface area (Å²) in [6.45, 7) is 8.71. The Balaban J connectivity index is 2.45. The molecule has 1 heteroatoms. The van der Waals surface area contributed by atoms with E-state index in [0.717, 1.165) is 19.5 Å². The van der Waals surface area contributed by atoms with Gasteiger partial charge >= 0.3 is 0 Å². The second-order valence-corrected chi connectivity index (χ2v) is 3.69. The van der Waals surface area contributed by atoms with Crippen LogP contribution in [-0.2, 0) is 0 Å². The Hall–Kier alpha value is -0.0400. The molecular formula is C8H17N. The fourth-order valence-electron chi connectivity index (χ4n) is 1.19. The third-order valence-electron chi connectivity index (χ3n) is 1.90. The minimum Gasteiger partial charge on any atom is -0.298 e. The lowest BCUT2D eigenvalue weighted by Crippen LogP contribution is -2.38. The molecule has 1 unspecified atom stereocenters. The van der Waals surface area contributed by atoms with Crippen molar-refractivity contribution in [3.05, 3.63) is 0 Å². The lowest BCUT2D eigenvalue weighted by Gasteiger charge is -2.31. The quantitative estimate of drug-likeness (QED) is 0.481. The first-order chi connectivity index (χ1) is 4.50. The normalized spacial score (nSPS) is 32.8. The highest BCUT2D eigenvalue weighted by Crippen LogP contribution is 2.19. The lowest BCUT2D eigenvalue weighted by molar-refractivity contribution is 0.175. The number of hydrogen-bond donors (Lipinski definition) is 0. The van der Waals surface area contributed by atoms with Crippen molar-refractivity contribution in [1.82, 2.24) is 4.90 Å². The zero-order valence-electron chi connectivity index (χ0n) is 7.65. The van der Waals surface area contributed by atoms with E-state index in [1.54, 1.807) is 0 Å². The summed E-state index contributed by atoms with van der Waals surface area (Å²) in [6, 6.07) is 0. The third kappa shape index (κ3) is 1.68. The second kappa shape index (κ2) is 2.30. The monoisotopic (exact) mass is 128 g/mol. The fraction of sp³-hybridized carbons (Fsp3) is 1.00. The maximum absolute atomic E-state index is 7.50. The number of hydrogen-bond acceptors (Lipinski definition) is 1. The van der Waals surface area contributed by atoms with Gasteiger partial charge in [0.2, 0.25) is 0 Å². The highest BCUT2D eigenvalue weighted by molar-refractivity contribution is 4.79. The van der Waals surface area contributed by atoms with E-state index >= 15 is 0 Å². The standard InChI is InChI=1S/C8H17N/c1-8(2,3)9-6-4-5-7-9/h4-7H2,1-3H3/i4D. The van der Waals surface area contributed by atoms with Gasteiger partial charge in [-0.25, -0.2) is 0 Å². The van der Waals surface area contributed by atoms with Gasteiger partial charge in [0.15, 0.2) is 0 Å². The van der Waals surface area contributed by atoms with E-state index in [-0.39, 0.29) is 11.9 Å². The van der Waals surface area contributed by atoms with Crippen molar-refractivity contribution in [2.75, 3.05) is 13.1 Å². The van der Waals surface area contributed by atoms with Crippen molar-refractivity contribution in [2.45, 2.75) is 39.1 Å². The molecule has 1 fully saturated rings. The van der Waals surface area contributed by atoms with Crippen molar-refractivity contribution >= 4 is 0 Å². The Labute approximate surface area is 59.5 Å². The van der Waals surface area contributed by atoms with Crippen LogP contribution in [-0.4, -0.2) is 23.5 Å². The molecule has 1 aliphatic heterocycles. The highest BCUT2D eigenvalue weighted by Gasteiger charge is 2.23. The molecule has 1 nitrogen and oxygen atoms in total. The van der Waals surface area contributed by atoms with Crippen LogP contribution in [0.15, 0.2) is 0 Å². The first-order valence-corrected chi connectivity index (χ1v) is 3.67. The van der Waals surface area contributed by atoms with Gasteiger partial charge < -0.3 is 0 Å². The van der Waals surface area contributed by atoms with Gasteiger partial charge in [0.05, 0.1) is 0 Å². The summed E-state index contributed by atoms with van der Waals surface area (Å²) in [5, 5.41) is 0. The van der Waals surface area contributed by atoms with Crippen LogP contribution in [0.25, 0.3) is 0 Å². The number of nitrogens with zero attached hydrogens (tertiary/aromatic N) is 1. The Bertz CT molecular complexity index is 117. The van der Waals surface area contributed by atoms with Crippen LogP contribution >= 0.6 is 0 Å². The molecule has 1 heterocycles. The minimum absolute atomic E-state index is 0.166. The van der Waals surface area contributed by atoms with Gasteiger partial charge in [0.25, 0.3) is 0 Å². The zero-order valence-corrected chi connectivity index (χ0v) is 6.65. The molecule has 1 atom stereocenters. The van der Waals surface area contributed by atoms with E-state index in [2.05, 4.69) is 25.7 Å². The first-order valence-electron chi connectivity index (χ1n) is 4.25. The average molecular weight is 128 g/mol. The van der Waals surface area contributed by atoms with Gasteiger partial charge in [0.1, 0.15) is 0 Å². The van der Waals surface area contributed by atoms with Crippen molar-refractivity contribution in [3.63, 3.8) is 0 Å². The molecule has 0 N–H and O–H groups in total. The van der Waals surface area contributed by atoms with Gasteiger partial charge in [-0.15, -0.1) is 0 Å². The summed E-state index contributed by atoms with van der Waals surface area (Å²) in [5.74, 6) is 0. The topological polar surface area (TPSA) is 3.24 Å². The molecule has 0 aromatic carbocycles. The highest BCUT2D eigenvalue weighted by atomic mass is 15.2. The molecule has 1 saturated heterocycles. The van der Waals surface area contributed by atoms with Gasteiger partial charge in [-0.1, -0.05) is 0 Å². The molecule has 0 amide bonds. The van der Waals surface area contributed by atoms with Gasteiger partial charge in [-0.2, -0.15) is 0 Å². The molecule has 0 aliphatic carbocycles. The van der Waals surface area contributed by atoms with Crippen molar-refractivity contribution in [3.8, 4) is 0 Å². The molecule has 1 aliphatic rings. The smallest absolute Gasteiger partial charge is 0.0280 e. The van der Waals surface area contributed by atoms with Crippen molar-refractivity contribution < 1.29 is 1.37 Å². The van der Waals surface area contributed by atoms with Crippen LogP contribution in [0.3, 0.4) is 0 Å². The van der Waals surface area contributed by atoms with E-state index in [0.29, 0.717) is 0 Å². The molecule has 0 bridgehead atoms. The number of rotatable bonds is 0. The molecule has 1 rings (SSSR count). The Morgan fingerprint density at radius 1 is 1.33 bits per heavy atom. The molecule has 0 aromatic rings. The lowest BCUT2D eigenvalue weighted by atomic mass is 10.1. The maximum atomic E-state index is 7.50. The summed E-state index contributed by atoms with van der Waals surface area (Å²) in [7, 11) is 0. The molecule has 54 valence electrons. The zero-order chi connectivity index (χ0) is 7.78. The molecule has 0 aromatic heterocycles. The summed E-state index contributed by atoms with van der Waals surface area (Å²) in [6.07, 6.45) is 1.22. The van der Waals surface area contributed by atoms with Crippen LogP contribution in [0.5, 0.6) is 0 Å². The Morgan fingerprint density at radius 2 is 2.00 bits per heavy atom. The fourth-order valence-corrected chi connectivity index (χ4v) is 1.19. The van der Waals surface area contributed by atoms with Crippen LogP contribution in [0.4, 0.5) is 0 Å². The predicted octanol–water partition coefficient (Wildman–Crippen LogP) is 1.88.